The van der Waals surface area contributed by atoms with E-state index < -0.39 is 23.6 Å². The van der Waals surface area contributed by atoms with Crippen LogP contribution in [0.3, 0.4) is 0 Å². The number of aliphatic hydroxyl groups is 2. The van der Waals surface area contributed by atoms with E-state index in [2.05, 4.69) is 13.8 Å². The number of hydrogen-bond donors (Lipinski definition) is 2. The van der Waals surface area contributed by atoms with Crippen molar-refractivity contribution >= 4 is 11.9 Å². The number of ether oxygens (including phenoxy) is 2. The predicted molar refractivity (Wildman–Crippen MR) is 98.5 cm³/mol. The van der Waals surface area contributed by atoms with Crippen molar-refractivity contribution in [1.29, 1.82) is 0 Å². The van der Waals surface area contributed by atoms with Gasteiger partial charge in [0, 0.05) is 17.1 Å². The van der Waals surface area contributed by atoms with Crippen LogP contribution in [-0.4, -0.2) is 48.1 Å². The van der Waals surface area contributed by atoms with E-state index in [1.54, 1.807) is 0 Å². The standard InChI is InChI=1S/C21H32O6/c1-12-8-17(23)21(3)14(19(25)26-4)6-5-7-16(21)20(12,2)10-15(22)13-9-18(24)27-11-13/h9,12,14-17,22-23H,5-8,10-11H2,1-4H3/t12-,14-,15+,16-,17+,20+,21+/m1/s1. The summed E-state index contributed by atoms with van der Waals surface area (Å²) in [6, 6.07) is 0. The molecule has 0 aromatic heterocycles. The average Bonchev–Trinajstić information content (AvgIpc) is 3.06. The third-order valence-corrected chi connectivity index (χ3v) is 7.94. The first-order valence-electron chi connectivity index (χ1n) is 9.95. The highest BCUT2D eigenvalue weighted by molar-refractivity contribution is 5.85. The topological polar surface area (TPSA) is 93.1 Å². The summed E-state index contributed by atoms with van der Waals surface area (Å²) in [7, 11) is 1.40. The van der Waals surface area contributed by atoms with E-state index in [9.17, 15) is 19.8 Å². The van der Waals surface area contributed by atoms with E-state index in [1.165, 1.54) is 13.2 Å². The van der Waals surface area contributed by atoms with Crippen molar-refractivity contribution in [3.8, 4) is 0 Å². The second kappa shape index (κ2) is 7.21. The summed E-state index contributed by atoms with van der Waals surface area (Å²) in [5, 5.41) is 21.8. The van der Waals surface area contributed by atoms with Crippen LogP contribution in [-0.2, 0) is 19.1 Å². The number of carbonyl (C=O) groups is 2. The maximum Gasteiger partial charge on any atom is 0.331 e. The molecular weight excluding hydrogens is 348 g/mol. The molecule has 6 heteroatoms. The van der Waals surface area contributed by atoms with Crippen molar-refractivity contribution in [2.24, 2.45) is 28.6 Å². The Bertz CT molecular complexity index is 643. The highest BCUT2D eigenvalue weighted by atomic mass is 16.5. The van der Waals surface area contributed by atoms with Gasteiger partial charge in [0.2, 0.25) is 0 Å². The van der Waals surface area contributed by atoms with Crippen LogP contribution in [0.5, 0.6) is 0 Å². The molecule has 2 N–H and O–H groups in total. The molecule has 1 aliphatic heterocycles. The Hall–Kier alpha value is -1.40. The molecule has 2 aliphatic carbocycles. The summed E-state index contributed by atoms with van der Waals surface area (Å²) in [4.78, 5) is 23.9. The van der Waals surface area contributed by atoms with Gasteiger partial charge in [-0.1, -0.05) is 27.2 Å². The Morgan fingerprint density at radius 2 is 2.11 bits per heavy atom. The average molecular weight is 380 g/mol. The summed E-state index contributed by atoms with van der Waals surface area (Å²) in [5.74, 6) is -0.744. The van der Waals surface area contributed by atoms with E-state index in [0.717, 1.165) is 19.3 Å². The monoisotopic (exact) mass is 380 g/mol. The molecule has 1 heterocycles. The summed E-state index contributed by atoms with van der Waals surface area (Å²) in [6.07, 6.45) is 3.63. The molecule has 3 rings (SSSR count). The van der Waals surface area contributed by atoms with Crippen LogP contribution in [0.25, 0.3) is 0 Å². The van der Waals surface area contributed by atoms with Gasteiger partial charge in [-0.05, 0) is 42.9 Å². The van der Waals surface area contributed by atoms with Crippen molar-refractivity contribution in [2.45, 2.75) is 65.1 Å². The number of aliphatic hydroxyl groups excluding tert-OH is 2. The van der Waals surface area contributed by atoms with E-state index in [1.807, 2.05) is 6.92 Å². The second-order valence-electron chi connectivity index (χ2n) is 9.13. The lowest BCUT2D eigenvalue weighted by Crippen LogP contribution is -2.61. The number of hydrogen-bond acceptors (Lipinski definition) is 6. The molecule has 7 atom stereocenters. The van der Waals surface area contributed by atoms with E-state index in [0.29, 0.717) is 18.4 Å². The van der Waals surface area contributed by atoms with Gasteiger partial charge < -0.3 is 19.7 Å². The first-order chi connectivity index (χ1) is 12.6. The zero-order valence-corrected chi connectivity index (χ0v) is 16.7. The van der Waals surface area contributed by atoms with Crippen LogP contribution in [0.4, 0.5) is 0 Å². The third kappa shape index (κ3) is 3.21. The molecule has 3 aliphatic rings. The Morgan fingerprint density at radius 3 is 2.70 bits per heavy atom. The van der Waals surface area contributed by atoms with E-state index >= 15 is 0 Å². The Morgan fingerprint density at radius 1 is 1.41 bits per heavy atom. The molecule has 6 nitrogen and oxygen atoms in total. The van der Waals surface area contributed by atoms with E-state index in [-0.39, 0.29) is 35.7 Å². The first kappa shape index (κ1) is 20.3. The van der Waals surface area contributed by atoms with Gasteiger partial charge in [-0.15, -0.1) is 0 Å². The van der Waals surface area contributed by atoms with Crippen molar-refractivity contribution in [3.05, 3.63) is 11.6 Å². The van der Waals surface area contributed by atoms with Gasteiger partial charge >= 0.3 is 11.9 Å². The fourth-order valence-corrected chi connectivity index (χ4v) is 6.08. The normalized spacial score (nSPS) is 42.7. The molecule has 0 aromatic rings. The van der Waals surface area contributed by atoms with Gasteiger partial charge in [-0.3, -0.25) is 4.79 Å². The molecule has 0 unspecified atom stereocenters. The fourth-order valence-electron chi connectivity index (χ4n) is 6.08. The highest BCUT2D eigenvalue weighted by Crippen LogP contribution is 2.63. The van der Waals surface area contributed by atoms with Crippen LogP contribution >= 0.6 is 0 Å². The lowest BCUT2D eigenvalue weighted by Gasteiger charge is -2.62. The summed E-state index contributed by atoms with van der Waals surface area (Å²) in [5.41, 5.74) is -0.239. The molecule has 0 amide bonds. The number of rotatable bonds is 4. The molecule has 152 valence electrons. The lowest BCUT2D eigenvalue weighted by molar-refractivity contribution is -0.199. The summed E-state index contributed by atoms with van der Waals surface area (Å²) < 4.78 is 10.0. The third-order valence-electron chi connectivity index (χ3n) is 7.94. The minimum absolute atomic E-state index is 0.0786. The van der Waals surface area contributed by atoms with Gasteiger partial charge in [0.25, 0.3) is 0 Å². The molecule has 0 saturated heterocycles. The quantitative estimate of drug-likeness (QED) is 0.727. The first-order valence-corrected chi connectivity index (χ1v) is 9.95. The van der Waals surface area contributed by atoms with Crippen molar-refractivity contribution in [2.75, 3.05) is 13.7 Å². The van der Waals surface area contributed by atoms with Crippen LogP contribution in [0, 0.1) is 28.6 Å². The smallest absolute Gasteiger partial charge is 0.331 e. The molecule has 0 radical (unpaired) electrons. The second-order valence-corrected chi connectivity index (χ2v) is 9.13. The fraction of sp³-hybridized carbons (Fsp3) is 0.810. The zero-order chi connectivity index (χ0) is 20.0. The van der Waals surface area contributed by atoms with Gasteiger partial charge in [-0.2, -0.15) is 0 Å². The van der Waals surface area contributed by atoms with Gasteiger partial charge in [-0.25, -0.2) is 4.79 Å². The van der Waals surface area contributed by atoms with Gasteiger partial charge in [0.15, 0.2) is 0 Å². The number of cyclic esters (lactones) is 1. The van der Waals surface area contributed by atoms with Crippen LogP contribution < -0.4 is 0 Å². The highest BCUT2D eigenvalue weighted by Gasteiger charge is 2.62. The van der Waals surface area contributed by atoms with Crippen molar-refractivity contribution in [1.82, 2.24) is 0 Å². The number of carbonyl (C=O) groups excluding carboxylic acids is 2. The number of methoxy groups -OCH3 is 1. The van der Waals surface area contributed by atoms with Gasteiger partial charge in [0.05, 0.1) is 25.2 Å². The van der Waals surface area contributed by atoms with Crippen molar-refractivity contribution in [3.63, 3.8) is 0 Å². The van der Waals surface area contributed by atoms with Gasteiger partial charge in [0.1, 0.15) is 6.61 Å². The summed E-state index contributed by atoms with van der Waals surface area (Å²) in [6.45, 7) is 6.43. The minimum Gasteiger partial charge on any atom is -0.469 e. The molecule has 2 fully saturated rings. The molecule has 0 aromatic carbocycles. The van der Waals surface area contributed by atoms with Crippen LogP contribution in [0.15, 0.2) is 11.6 Å². The van der Waals surface area contributed by atoms with Crippen LogP contribution in [0.2, 0.25) is 0 Å². The lowest BCUT2D eigenvalue weighted by atomic mass is 9.43. The van der Waals surface area contributed by atoms with Crippen LogP contribution in [0.1, 0.15) is 52.9 Å². The number of esters is 2. The SMILES string of the molecule is COC(=O)[C@H]1CCC[C@@H]2[C@@](C)(C[C@H](O)C3=CC(=O)OC3)[C@H](C)C[C@H](O)[C@@]12C. The molecule has 0 spiro atoms. The molecule has 2 saturated carbocycles. The minimum atomic E-state index is -0.762. The van der Waals surface area contributed by atoms with E-state index in [4.69, 9.17) is 9.47 Å². The number of fused-ring (bicyclic) bond motifs is 1. The molecule has 27 heavy (non-hydrogen) atoms. The Balaban J connectivity index is 1.93. The zero-order valence-electron chi connectivity index (χ0n) is 16.7. The van der Waals surface area contributed by atoms with Crippen molar-refractivity contribution < 1.29 is 29.3 Å². The maximum absolute atomic E-state index is 12.5. The summed E-state index contributed by atoms with van der Waals surface area (Å²) >= 11 is 0. The maximum atomic E-state index is 12.5. The Labute approximate surface area is 160 Å². The molecular formula is C21H32O6. The molecule has 0 bridgehead atoms. The predicted octanol–water partition coefficient (Wildman–Crippen LogP) is 2.22. The Kier molecular flexibility index (Phi) is 5.43. The largest absolute Gasteiger partial charge is 0.469 e.